The average molecular weight is 423 g/mol. The van der Waals surface area contributed by atoms with Gasteiger partial charge in [-0.2, -0.15) is 4.31 Å². The molecule has 152 valence electrons. The Morgan fingerprint density at radius 3 is 2.28 bits per heavy atom. The van der Waals surface area contributed by atoms with Gasteiger partial charge in [-0.25, -0.2) is 21.6 Å². The highest BCUT2D eigenvalue weighted by Crippen LogP contribution is 2.32. The second-order valence-electron chi connectivity index (χ2n) is 6.71. The molecule has 0 saturated carbocycles. The summed E-state index contributed by atoms with van der Waals surface area (Å²) in [7, 11) is -4.15. The molecule has 3 aromatic rings. The SMILES string of the molecule is O=S(=O)(c1cc(F)ccc1F)N1CCC(c2nnc(-c3ccc(F)cc3)o2)CC1. The van der Waals surface area contributed by atoms with E-state index in [4.69, 9.17) is 4.42 Å². The van der Waals surface area contributed by atoms with Crippen LogP contribution in [0.15, 0.2) is 51.8 Å². The fourth-order valence-electron chi connectivity index (χ4n) is 3.27. The molecule has 4 rings (SSSR count). The van der Waals surface area contributed by atoms with Crippen LogP contribution in [-0.2, 0) is 10.0 Å². The minimum atomic E-state index is -4.15. The van der Waals surface area contributed by atoms with E-state index >= 15 is 0 Å². The van der Waals surface area contributed by atoms with E-state index in [2.05, 4.69) is 10.2 Å². The molecular formula is C19H16F3N3O3S. The highest BCUT2D eigenvalue weighted by atomic mass is 32.2. The third kappa shape index (κ3) is 3.90. The van der Waals surface area contributed by atoms with Gasteiger partial charge in [-0.3, -0.25) is 0 Å². The second-order valence-corrected chi connectivity index (χ2v) is 8.61. The van der Waals surface area contributed by atoms with Crippen LogP contribution in [0.1, 0.15) is 24.7 Å². The number of nitrogens with zero attached hydrogens (tertiary/aromatic N) is 3. The van der Waals surface area contributed by atoms with Crippen molar-refractivity contribution in [2.75, 3.05) is 13.1 Å². The molecule has 2 heterocycles. The van der Waals surface area contributed by atoms with Crippen LogP contribution in [0.3, 0.4) is 0 Å². The third-order valence-electron chi connectivity index (χ3n) is 4.85. The van der Waals surface area contributed by atoms with Crippen LogP contribution >= 0.6 is 0 Å². The summed E-state index contributed by atoms with van der Waals surface area (Å²) in [5.74, 6) is -1.75. The molecule has 1 fully saturated rings. The summed E-state index contributed by atoms with van der Waals surface area (Å²) in [5, 5.41) is 7.99. The summed E-state index contributed by atoms with van der Waals surface area (Å²) < 4.78 is 72.5. The zero-order valence-electron chi connectivity index (χ0n) is 15.1. The fourth-order valence-corrected chi connectivity index (χ4v) is 4.81. The van der Waals surface area contributed by atoms with Gasteiger partial charge in [0.15, 0.2) is 0 Å². The lowest BCUT2D eigenvalue weighted by Gasteiger charge is -2.29. The van der Waals surface area contributed by atoms with Crippen LogP contribution in [0, 0.1) is 17.5 Å². The number of hydrogen-bond donors (Lipinski definition) is 0. The standard InChI is InChI=1S/C19H16F3N3O3S/c20-14-3-1-12(2-4-14)18-23-24-19(28-18)13-7-9-25(10-8-13)29(26,27)17-11-15(21)5-6-16(17)22/h1-6,11,13H,7-10H2. The van der Waals surface area contributed by atoms with Gasteiger partial charge in [0, 0.05) is 24.6 Å². The van der Waals surface area contributed by atoms with Crippen molar-refractivity contribution in [2.45, 2.75) is 23.7 Å². The van der Waals surface area contributed by atoms with E-state index in [0.717, 1.165) is 16.4 Å². The van der Waals surface area contributed by atoms with Gasteiger partial charge in [-0.1, -0.05) is 0 Å². The van der Waals surface area contributed by atoms with Crippen molar-refractivity contribution in [3.8, 4) is 11.5 Å². The maximum absolute atomic E-state index is 13.9. The minimum Gasteiger partial charge on any atom is -0.420 e. The Kier molecular flexibility index (Phi) is 5.13. The molecule has 10 heteroatoms. The third-order valence-corrected chi connectivity index (χ3v) is 6.76. The van der Waals surface area contributed by atoms with Gasteiger partial charge in [0.2, 0.25) is 21.8 Å². The quantitative estimate of drug-likeness (QED) is 0.639. The average Bonchev–Trinajstić information content (AvgIpc) is 3.20. The summed E-state index contributed by atoms with van der Waals surface area (Å²) in [5.41, 5.74) is 0.576. The number of halogens is 3. The molecule has 0 amide bonds. The van der Waals surface area contributed by atoms with Crippen molar-refractivity contribution in [3.05, 3.63) is 65.8 Å². The first-order valence-electron chi connectivity index (χ1n) is 8.89. The number of sulfonamides is 1. The molecule has 0 atom stereocenters. The maximum atomic E-state index is 13.9. The molecule has 2 aromatic carbocycles. The van der Waals surface area contributed by atoms with Crippen LogP contribution < -0.4 is 0 Å². The van der Waals surface area contributed by atoms with Crippen LogP contribution in [0.25, 0.3) is 11.5 Å². The summed E-state index contributed by atoms with van der Waals surface area (Å²) in [6.45, 7) is 0.217. The lowest BCUT2D eigenvalue weighted by Crippen LogP contribution is -2.38. The van der Waals surface area contributed by atoms with Crippen LogP contribution in [-0.4, -0.2) is 36.0 Å². The molecule has 0 unspecified atom stereocenters. The zero-order valence-corrected chi connectivity index (χ0v) is 15.9. The van der Waals surface area contributed by atoms with Crippen LogP contribution in [0.4, 0.5) is 13.2 Å². The number of hydrogen-bond acceptors (Lipinski definition) is 5. The molecular weight excluding hydrogens is 407 g/mol. The molecule has 29 heavy (non-hydrogen) atoms. The van der Waals surface area contributed by atoms with Gasteiger partial charge in [-0.15, -0.1) is 10.2 Å². The van der Waals surface area contributed by atoms with Crippen molar-refractivity contribution in [3.63, 3.8) is 0 Å². The van der Waals surface area contributed by atoms with Gasteiger partial charge in [-0.05, 0) is 55.3 Å². The maximum Gasteiger partial charge on any atom is 0.247 e. The highest BCUT2D eigenvalue weighted by Gasteiger charge is 2.33. The molecule has 0 bridgehead atoms. The summed E-state index contributed by atoms with van der Waals surface area (Å²) in [4.78, 5) is -0.674. The summed E-state index contributed by atoms with van der Waals surface area (Å²) in [6, 6.07) is 7.97. The fraction of sp³-hybridized carbons (Fsp3) is 0.263. The Morgan fingerprint density at radius 1 is 0.931 bits per heavy atom. The van der Waals surface area contributed by atoms with E-state index in [1.807, 2.05) is 0 Å². The molecule has 1 saturated heterocycles. The lowest BCUT2D eigenvalue weighted by atomic mass is 9.98. The molecule has 1 aliphatic heterocycles. The number of benzene rings is 2. The normalized spacial score (nSPS) is 16.2. The summed E-state index contributed by atoms with van der Waals surface area (Å²) in [6.07, 6.45) is 0.780. The predicted molar refractivity (Wildman–Crippen MR) is 96.8 cm³/mol. The smallest absolute Gasteiger partial charge is 0.247 e. The molecule has 0 radical (unpaired) electrons. The summed E-state index contributed by atoms with van der Waals surface area (Å²) >= 11 is 0. The molecule has 6 nitrogen and oxygen atoms in total. The molecule has 0 N–H and O–H groups in total. The monoisotopic (exact) mass is 423 g/mol. The Hall–Kier alpha value is -2.72. The van der Waals surface area contributed by atoms with Gasteiger partial charge in [0.1, 0.15) is 22.3 Å². The van der Waals surface area contributed by atoms with E-state index in [0.29, 0.717) is 30.4 Å². The number of piperidine rings is 1. The highest BCUT2D eigenvalue weighted by molar-refractivity contribution is 7.89. The Labute approximate surface area is 165 Å². The van der Waals surface area contributed by atoms with Crippen LogP contribution in [0.2, 0.25) is 0 Å². The van der Waals surface area contributed by atoms with Gasteiger partial charge < -0.3 is 4.42 Å². The van der Waals surface area contributed by atoms with E-state index < -0.39 is 26.6 Å². The van der Waals surface area contributed by atoms with Crippen molar-refractivity contribution in [2.24, 2.45) is 0 Å². The van der Waals surface area contributed by atoms with Gasteiger partial charge in [0.25, 0.3) is 0 Å². The molecule has 0 spiro atoms. The van der Waals surface area contributed by atoms with Crippen LogP contribution in [0.5, 0.6) is 0 Å². The Morgan fingerprint density at radius 2 is 1.59 bits per heavy atom. The molecule has 1 aromatic heterocycles. The van der Waals surface area contributed by atoms with Gasteiger partial charge >= 0.3 is 0 Å². The predicted octanol–water partition coefficient (Wildman–Crippen LogP) is 3.72. The Balaban J connectivity index is 1.47. The van der Waals surface area contributed by atoms with Crippen molar-refractivity contribution < 1.29 is 26.0 Å². The van der Waals surface area contributed by atoms with E-state index in [-0.39, 0.29) is 30.7 Å². The van der Waals surface area contributed by atoms with Crippen molar-refractivity contribution >= 4 is 10.0 Å². The largest absolute Gasteiger partial charge is 0.420 e. The van der Waals surface area contributed by atoms with Crippen molar-refractivity contribution in [1.82, 2.24) is 14.5 Å². The number of aromatic nitrogens is 2. The van der Waals surface area contributed by atoms with Crippen molar-refractivity contribution in [1.29, 1.82) is 0 Å². The first-order valence-corrected chi connectivity index (χ1v) is 10.3. The first kappa shape index (κ1) is 19.6. The first-order chi connectivity index (χ1) is 13.8. The van der Waals surface area contributed by atoms with E-state index in [9.17, 15) is 21.6 Å². The minimum absolute atomic E-state index is 0.108. The lowest BCUT2D eigenvalue weighted by molar-refractivity contribution is 0.290. The topological polar surface area (TPSA) is 76.3 Å². The van der Waals surface area contributed by atoms with Gasteiger partial charge in [0.05, 0.1) is 0 Å². The molecule has 1 aliphatic rings. The van der Waals surface area contributed by atoms with E-state index in [1.165, 1.54) is 24.3 Å². The van der Waals surface area contributed by atoms with E-state index in [1.54, 1.807) is 0 Å². The zero-order chi connectivity index (χ0) is 20.6. The molecule has 0 aliphatic carbocycles. The number of rotatable bonds is 4. The second kappa shape index (κ2) is 7.60. The Bertz CT molecular complexity index is 1130.